The number of Topliss-reactive ketones (excluding diaryl/α,β-unsaturated/α-hetero) is 1. The monoisotopic (exact) mass is 280 g/mol. The van der Waals surface area contributed by atoms with Crippen molar-refractivity contribution in [3.8, 4) is 11.5 Å². The molecule has 5 heteroatoms. The SMILES string of the molecule is CC(=O)c1ccccc1Oc1cccc(C(F)(F)F)c1. The number of rotatable bonds is 3. The summed E-state index contributed by atoms with van der Waals surface area (Å²) in [5, 5.41) is 0. The molecule has 0 atom stereocenters. The smallest absolute Gasteiger partial charge is 0.416 e. The van der Waals surface area contributed by atoms with Crippen molar-refractivity contribution < 1.29 is 22.7 Å². The number of carbonyl (C=O) groups is 1. The quantitative estimate of drug-likeness (QED) is 0.762. The third kappa shape index (κ3) is 3.17. The summed E-state index contributed by atoms with van der Waals surface area (Å²) in [6.07, 6.45) is -4.43. The first-order valence-electron chi connectivity index (χ1n) is 5.83. The first-order valence-corrected chi connectivity index (χ1v) is 5.83. The van der Waals surface area contributed by atoms with Gasteiger partial charge in [0.2, 0.25) is 0 Å². The minimum absolute atomic E-state index is 0.0357. The van der Waals surface area contributed by atoms with E-state index in [1.54, 1.807) is 18.2 Å². The molecule has 0 spiro atoms. The molecule has 0 saturated heterocycles. The summed E-state index contributed by atoms with van der Waals surface area (Å²) in [6, 6.07) is 10.9. The maximum absolute atomic E-state index is 12.6. The van der Waals surface area contributed by atoms with Crippen LogP contribution in [0.1, 0.15) is 22.8 Å². The van der Waals surface area contributed by atoms with Crippen molar-refractivity contribution in [3.05, 3.63) is 59.7 Å². The Bertz CT molecular complexity index is 633. The molecule has 0 aliphatic rings. The van der Waals surface area contributed by atoms with Crippen LogP contribution in [-0.2, 0) is 6.18 Å². The van der Waals surface area contributed by atoms with Crippen LogP contribution in [0.4, 0.5) is 13.2 Å². The maximum Gasteiger partial charge on any atom is 0.416 e. The second-order valence-electron chi connectivity index (χ2n) is 4.18. The van der Waals surface area contributed by atoms with Gasteiger partial charge in [-0.25, -0.2) is 0 Å². The molecule has 2 nitrogen and oxygen atoms in total. The zero-order valence-electron chi connectivity index (χ0n) is 10.6. The molecule has 0 aromatic heterocycles. The minimum Gasteiger partial charge on any atom is -0.457 e. The molecular weight excluding hydrogens is 269 g/mol. The largest absolute Gasteiger partial charge is 0.457 e. The molecule has 2 rings (SSSR count). The zero-order valence-corrected chi connectivity index (χ0v) is 10.6. The Balaban J connectivity index is 2.34. The molecule has 0 saturated carbocycles. The molecule has 0 heterocycles. The predicted molar refractivity (Wildman–Crippen MR) is 68.0 cm³/mol. The van der Waals surface area contributed by atoms with Gasteiger partial charge in [-0.15, -0.1) is 0 Å². The van der Waals surface area contributed by atoms with Gasteiger partial charge in [-0.3, -0.25) is 4.79 Å². The third-order valence-corrected chi connectivity index (χ3v) is 2.66. The molecule has 0 unspecified atom stereocenters. The van der Waals surface area contributed by atoms with Gasteiger partial charge in [-0.05, 0) is 37.3 Å². The predicted octanol–water partition coefficient (Wildman–Crippen LogP) is 4.70. The summed E-state index contributed by atoms with van der Waals surface area (Å²) in [5.41, 5.74) is -0.472. The zero-order chi connectivity index (χ0) is 14.8. The number of ketones is 1. The Kier molecular flexibility index (Phi) is 3.79. The molecule has 0 fully saturated rings. The lowest BCUT2D eigenvalue weighted by Gasteiger charge is -2.11. The average molecular weight is 280 g/mol. The number of ether oxygens (including phenoxy) is 1. The van der Waals surface area contributed by atoms with E-state index >= 15 is 0 Å². The normalized spacial score (nSPS) is 11.2. The second-order valence-corrected chi connectivity index (χ2v) is 4.18. The molecule has 2 aromatic carbocycles. The van der Waals surface area contributed by atoms with Crippen LogP contribution >= 0.6 is 0 Å². The van der Waals surface area contributed by atoms with Gasteiger partial charge >= 0.3 is 6.18 Å². The van der Waals surface area contributed by atoms with Crippen LogP contribution in [0.2, 0.25) is 0 Å². The standard InChI is InChI=1S/C15H11F3O2/c1-10(19)13-7-2-3-8-14(13)20-12-6-4-5-11(9-12)15(16,17)18/h2-9H,1H3. The van der Waals surface area contributed by atoms with Crippen LogP contribution < -0.4 is 4.74 Å². The van der Waals surface area contributed by atoms with Crippen LogP contribution in [0.5, 0.6) is 11.5 Å². The van der Waals surface area contributed by atoms with Gasteiger partial charge in [0.15, 0.2) is 5.78 Å². The Hall–Kier alpha value is -2.30. The van der Waals surface area contributed by atoms with Crippen molar-refractivity contribution in [2.75, 3.05) is 0 Å². The van der Waals surface area contributed by atoms with E-state index in [1.165, 1.54) is 25.1 Å². The highest BCUT2D eigenvalue weighted by molar-refractivity contribution is 5.96. The van der Waals surface area contributed by atoms with Crippen molar-refractivity contribution in [1.29, 1.82) is 0 Å². The van der Waals surface area contributed by atoms with Crippen molar-refractivity contribution >= 4 is 5.78 Å². The topological polar surface area (TPSA) is 26.3 Å². The molecule has 0 aliphatic carbocycles. The van der Waals surface area contributed by atoms with Crippen molar-refractivity contribution in [2.45, 2.75) is 13.1 Å². The molecule has 0 radical (unpaired) electrons. The van der Waals surface area contributed by atoms with Gasteiger partial charge in [0.05, 0.1) is 11.1 Å². The van der Waals surface area contributed by atoms with Gasteiger partial charge in [0.1, 0.15) is 11.5 Å². The molecule has 104 valence electrons. The van der Waals surface area contributed by atoms with Gasteiger partial charge in [-0.2, -0.15) is 13.2 Å². The number of hydrogen-bond acceptors (Lipinski definition) is 2. The van der Waals surface area contributed by atoms with E-state index in [0.29, 0.717) is 5.56 Å². The van der Waals surface area contributed by atoms with Crippen LogP contribution in [0.3, 0.4) is 0 Å². The molecule has 0 bridgehead atoms. The van der Waals surface area contributed by atoms with E-state index in [9.17, 15) is 18.0 Å². The summed E-state index contributed by atoms with van der Waals surface area (Å²) < 4.78 is 43.2. The summed E-state index contributed by atoms with van der Waals surface area (Å²) in [6.45, 7) is 1.37. The maximum atomic E-state index is 12.6. The Morgan fingerprint density at radius 3 is 2.40 bits per heavy atom. The molecule has 2 aromatic rings. The lowest BCUT2D eigenvalue weighted by atomic mass is 10.1. The number of hydrogen-bond donors (Lipinski definition) is 0. The number of para-hydroxylation sites is 1. The van der Waals surface area contributed by atoms with Crippen LogP contribution in [-0.4, -0.2) is 5.78 Å². The van der Waals surface area contributed by atoms with Crippen LogP contribution in [0.15, 0.2) is 48.5 Å². The second kappa shape index (κ2) is 5.36. The van der Waals surface area contributed by atoms with Gasteiger partial charge in [0.25, 0.3) is 0 Å². The average Bonchev–Trinajstić information content (AvgIpc) is 2.38. The highest BCUT2D eigenvalue weighted by Crippen LogP contribution is 2.33. The summed E-state index contributed by atoms with van der Waals surface area (Å²) in [4.78, 5) is 11.4. The fourth-order valence-corrected chi connectivity index (χ4v) is 1.71. The Morgan fingerprint density at radius 2 is 1.75 bits per heavy atom. The van der Waals surface area contributed by atoms with E-state index in [-0.39, 0.29) is 17.3 Å². The van der Waals surface area contributed by atoms with Crippen molar-refractivity contribution in [2.24, 2.45) is 0 Å². The highest BCUT2D eigenvalue weighted by atomic mass is 19.4. The molecular formula is C15H11F3O2. The molecule has 0 N–H and O–H groups in total. The Morgan fingerprint density at radius 1 is 1.05 bits per heavy atom. The van der Waals surface area contributed by atoms with Gasteiger partial charge < -0.3 is 4.74 Å². The summed E-state index contributed by atoms with van der Waals surface area (Å²) in [7, 11) is 0. The molecule has 0 aliphatic heterocycles. The van der Waals surface area contributed by atoms with Crippen molar-refractivity contribution in [3.63, 3.8) is 0 Å². The third-order valence-electron chi connectivity index (χ3n) is 2.66. The van der Waals surface area contributed by atoms with Crippen LogP contribution in [0, 0.1) is 0 Å². The van der Waals surface area contributed by atoms with Gasteiger partial charge in [0, 0.05) is 0 Å². The van der Waals surface area contributed by atoms with E-state index in [2.05, 4.69) is 0 Å². The lowest BCUT2D eigenvalue weighted by molar-refractivity contribution is -0.137. The van der Waals surface area contributed by atoms with E-state index < -0.39 is 11.7 Å². The molecule has 20 heavy (non-hydrogen) atoms. The number of benzene rings is 2. The van der Waals surface area contributed by atoms with E-state index in [0.717, 1.165) is 12.1 Å². The van der Waals surface area contributed by atoms with E-state index in [1.807, 2.05) is 0 Å². The van der Waals surface area contributed by atoms with Gasteiger partial charge in [-0.1, -0.05) is 18.2 Å². The van der Waals surface area contributed by atoms with E-state index in [4.69, 9.17) is 4.74 Å². The number of alkyl halides is 3. The fourth-order valence-electron chi connectivity index (χ4n) is 1.71. The van der Waals surface area contributed by atoms with Crippen molar-refractivity contribution in [1.82, 2.24) is 0 Å². The summed E-state index contributed by atoms with van der Waals surface area (Å²) in [5.74, 6) is 0.0559. The molecule has 0 amide bonds. The highest BCUT2D eigenvalue weighted by Gasteiger charge is 2.30. The first-order chi connectivity index (χ1) is 9.38. The minimum atomic E-state index is -4.43. The number of halogens is 3. The number of carbonyl (C=O) groups excluding carboxylic acids is 1. The Labute approximate surface area is 113 Å². The lowest BCUT2D eigenvalue weighted by Crippen LogP contribution is -2.04. The first kappa shape index (κ1) is 14.1. The fraction of sp³-hybridized carbons (Fsp3) is 0.133. The van der Waals surface area contributed by atoms with Crippen LogP contribution in [0.25, 0.3) is 0 Å². The summed E-state index contributed by atoms with van der Waals surface area (Å²) >= 11 is 0.